The molecule has 20 heavy (non-hydrogen) atoms. The van der Waals surface area contributed by atoms with E-state index in [1.165, 1.54) is 12.3 Å². The number of carbonyl (C=O) groups is 1. The number of urea groups is 1. The molecule has 2 amide bonds. The molecule has 8 heteroatoms. The molecule has 2 N–H and O–H groups in total. The Bertz CT molecular complexity index is 648. The number of hydrogen-bond donors (Lipinski definition) is 2. The first-order valence-electron chi connectivity index (χ1n) is 5.48. The molecule has 0 saturated heterocycles. The summed E-state index contributed by atoms with van der Waals surface area (Å²) in [5.74, 6) is -0.965. The summed E-state index contributed by atoms with van der Waals surface area (Å²) in [5.41, 5.74) is -0.134. The van der Waals surface area contributed by atoms with Gasteiger partial charge in [0, 0.05) is 18.0 Å². The molecule has 2 aromatic rings. The molecule has 0 fully saturated rings. The van der Waals surface area contributed by atoms with Crippen molar-refractivity contribution in [3.63, 3.8) is 0 Å². The average Bonchev–Trinajstić information content (AvgIpc) is 2.41. The van der Waals surface area contributed by atoms with Crippen LogP contribution < -0.4 is 10.6 Å². The lowest BCUT2D eigenvalue weighted by atomic mass is 10.2. The second-order valence-electron chi connectivity index (χ2n) is 3.74. The number of nitrogens with zero attached hydrogens (tertiary/aromatic N) is 2. The molecule has 1 aromatic heterocycles. The van der Waals surface area contributed by atoms with Crippen LogP contribution in [0.2, 0.25) is 0 Å². The summed E-state index contributed by atoms with van der Waals surface area (Å²) in [6.07, 6.45) is 2.99. The third-order valence-corrected chi connectivity index (χ3v) is 2.32. The lowest BCUT2D eigenvalue weighted by Gasteiger charge is -2.07. The van der Waals surface area contributed by atoms with Crippen molar-refractivity contribution in [2.45, 2.75) is 0 Å². The highest BCUT2D eigenvalue weighted by molar-refractivity contribution is 5.99. The highest BCUT2D eigenvalue weighted by Gasteiger charge is 2.15. The van der Waals surface area contributed by atoms with Crippen LogP contribution >= 0.6 is 0 Å². The van der Waals surface area contributed by atoms with Crippen LogP contribution in [0.3, 0.4) is 0 Å². The molecule has 1 aromatic carbocycles. The van der Waals surface area contributed by atoms with Crippen molar-refractivity contribution in [2.24, 2.45) is 0 Å². The standard InChI is InChI=1S/C12H9FN4O3/c13-10-4-3-8(6-11(10)17(19)20)15-12(18)16-9-2-1-5-14-7-9/h1-7H,(H2,15,16,18). The Morgan fingerprint density at radius 1 is 1.25 bits per heavy atom. The van der Waals surface area contributed by atoms with Gasteiger partial charge < -0.3 is 10.6 Å². The first-order chi connectivity index (χ1) is 9.56. The number of halogens is 1. The maximum atomic E-state index is 13.1. The molecule has 0 atom stereocenters. The maximum Gasteiger partial charge on any atom is 0.323 e. The molecule has 2 rings (SSSR count). The lowest BCUT2D eigenvalue weighted by molar-refractivity contribution is -0.387. The number of hydrogen-bond acceptors (Lipinski definition) is 4. The van der Waals surface area contributed by atoms with Gasteiger partial charge >= 0.3 is 11.7 Å². The summed E-state index contributed by atoms with van der Waals surface area (Å²) in [5, 5.41) is 15.4. The van der Waals surface area contributed by atoms with Gasteiger partial charge in [-0.25, -0.2) is 4.79 Å². The first-order valence-corrected chi connectivity index (χ1v) is 5.48. The normalized spacial score (nSPS) is 9.85. The number of benzene rings is 1. The van der Waals surface area contributed by atoms with E-state index in [0.29, 0.717) is 5.69 Å². The third kappa shape index (κ3) is 3.25. The van der Waals surface area contributed by atoms with Crippen LogP contribution in [0.5, 0.6) is 0 Å². The van der Waals surface area contributed by atoms with Crippen molar-refractivity contribution in [2.75, 3.05) is 10.6 Å². The number of nitrogens with one attached hydrogen (secondary N) is 2. The van der Waals surface area contributed by atoms with Crippen molar-refractivity contribution in [1.82, 2.24) is 4.98 Å². The summed E-state index contributed by atoms with van der Waals surface area (Å²) >= 11 is 0. The van der Waals surface area contributed by atoms with Gasteiger partial charge in [0.15, 0.2) is 0 Å². The molecule has 0 aliphatic heterocycles. The van der Waals surface area contributed by atoms with Gasteiger partial charge in [-0.2, -0.15) is 4.39 Å². The molecule has 0 aliphatic rings. The smallest absolute Gasteiger partial charge is 0.307 e. The van der Waals surface area contributed by atoms with Crippen LogP contribution in [-0.2, 0) is 0 Å². The van der Waals surface area contributed by atoms with Gasteiger partial charge in [-0.15, -0.1) is 0 Å². The summed E-state index contributed by atoms with van der Waals surface area (Å²) in [7, 11) is 0. The fraction of sp³-hybridized carbons (Fsp3) is 0. The molecule has 7 nitrogen and oxygen atoms in total. The molecule has 0 unspecified atom stereocenters. The van der Waals surface area contributed by atoms with Gasteiger partial charge in [-0.1, -0.05) is 0 Å². The zero-order valence-electron chi connectivity index (χ0n) is 10.0. The Morgan fingerprint density at radius 3 is 2.65 bits per heavy atom. The van der Waals surface area contributed by atoms with Gasteiger partial charge in [-0.3, -0.25) is 15.1 Å². The number of rotatable bonds is 3. The van der Waals surface area contributed by atoms with E-state index in [1.807, 2.05) is 0 Å². The van der Waals surface area contributed by atoms with E-state index in [4.69, 9.17) is 0 Å². The van der Waals surface area contributed by atoms with Gasteiger partial charge in [0.25, 0.3) is 0 Å². The molecule has 102 valence electrons. The number of nitro groups is 1. The predicted molar refractivity (Wildman–Crippen MR) is 69.9 cm³/mol. The van der Waals surface area contributed by atoms with E-state index < -0.39 is 22.5 Å². The quantitative estimate of drug-likeness (QED) is 0.665. The van der Waals surface area contributed by atoms with Crippen molar-refractivity contribution in [1.29, 1.82) is 0 Å². The van der Waals surface area contributed by atoms with E-state index in [-0.39, 0.29) is 5.69 Å². The van der Waals surface area contributed by atoms with E-state index >= 15 is 0 Å². The van der Waals surface area contributed by atoms with Crippen LogP contribution in [0.1, 0.15) is 0 Å². The second-order valence-corrected chi connectivity index (χ2v) is 3.74. The molecule has 0 spiro atoms. The van der Waals surface area contributed by atoms with Gasteiger partial charge in [0.1, 0.15) is 0 Å². The second kappa shape index (κ2) is 5.74. The summed E-state index contributed by atoms with van der Waals surface area (Å²) in [6, 6.07) is 5.73. The molecule has 1 heterocycles. The third-order valence-electron chi connectivity index (χ3n) is 2.32. The number of amides is 2. The number of carbonyl (C=O) groups excluding carboxylic acids is 1. The zero-order valence-corrected chi connectivity index (χ0v) is 10.0. The Balaban J connectivity index is 2.08. The lowest BCUT2D eigenvalue weighted by Crippen LogP contribution is -2.19. The molecule has 0 radical (unpaired) electrons. The molecule has 0 bridgehead atoms. The molecule has 0 aliphatic carbocycles. The number of anilines is 2. The monoisotopic (exact) mass is 276 g/mol. The molecule has 0 saturated carbocycles. The van der Waals surface area contributed by atoms with Crippen LogP contribution in [0.25, 0.3) is 0 Å². The molecular formula is C12H9FN4O3. The minimum Gasteiger partial charge on any atom is -0.307 e. The predicted octanol–water partition coefficient (Wildman–Crippen LogP) is 2.77. The van der Waals surface area contributed by atoms with Crippen LogP contribution in [-0.4, -0.2) is 15.9 Å². The highest BCUT2D eigenvalue weighted by Crippen LogP contribution is 2.21. The summed E-state index contributed by atoms with van der Waals surface area (Å²) in [6.45, 7) is 0. The minimum absolute atomic E-state index is 0.111. The van der Waals surface area contributed by atoms with E-state index in [1.54, 1.807) is 18.3 Å². The Labute approximate surface area is 112 Å². The Kier molecular flexibility index (Phi) is 3.85. The van der Waals surface area contributed by atoms with Gasteiger partial charge in [0.2, 0.25) is 5.82 Å². The van der Waals surface area contributed by atoms with Crippen molar-refractivity contribution in [3.05, 3.63) is 58.7 Å². The SMILES string of the molecule is O=C(Nc1cccnc1)Nc1ccc(F)c([N+](=O)[O-])c1. The number of pyridine rings is 1. The van der Waals surface area contributed by atoms with E-state index in [9.17, 15) is 19.3 Å². The van der Waals surface area contributed by atoms with Crippen LogP contribution in [0.4, 0.5) is 26.2 Å². The van der Waals surface area contributed by atoms with Crippen molar-refractivity contribution in [3.8, 4) is 0 Å². The van der Waals surface area contributed by atoms with Crippen LogP contribution in [0.15, 0.2) is 42.7 Å². The number of nitro benzene ring substituents is 1. The molecular weight excluding hydrogens is 267 g/mol. The van der Waals surface area contributed by atoms with Gasteiger partial charge in [-0.05, 0) is 24.3 Å². The summed E-state index contributed by atoms with van der Waals surface area (Å²) in [4.78, 5) is 25.2. The Hall–Kier alpha value is -3.03. The minimum atomic E-state index is -0.965. The number of aromatic nitrogens is 1. The largest absolute Gasteiger partial charge is 0.323 e. The van der Waals surface area contributed by atoms with E-state index in [0.717, 1.165) is 12.1 Å². The Morgan fingerprint density at radius 2 is 2.00 bits per heavy atom. The van der Waals surface area contributed by atoms with Crippen molar-refractivity contribution >= 4 is 23.1 Å². The van der Waals surface area contributed by atoms with Crippen LogP contribution in [0, 0.1) is 15.9 Å². The van der Waals surface area contributed by atoms with Crippen molar-refractivity contribution < 1.29 is 14.1 Å². The average molecular weight is 276 g/mol. The maximum absolute atomic E-state index is 13.1. The summed E-state index contributed by atoms with van der Waals surface area (Å²) < 4.78 is 13.1. The zero-order chi connectivity index (χ0) is 14.5. The van der Waals surface area contributed by atoms with Gasteiger partial charge in [0.05, 0.1) is 16.8 Å². The first kappa shape index (κ1) is 13.4. The fourth-order valence-electron chi connectivity index (χ4n) is 1.46. The van der Waals surface area contributed by atoms with E-state index in [2.05, 4.69) is 15.6 Å². The topological polar surface area (TPSA) is 97.2 Å². The highest BCUT2D eigenvalue weighted by atomic mass is 19.1. The fourth-order valence-corrected chi connectivity index (χ4v) is 1.46.